The van der Waals surface area contributed by atoms with E-state index in [1.807, 2.05) is 0 Å². The maximum Gasteiger partial charge on any atom is 0.417 e. The average molecular weight is 420 g/mol. The molecule has 8 heteroatoms. The fourth-order valence-corrected chi connectivity index (χ4v) is 3.39. The van der Waals surface area contributed by atoms with Gasteiger partial charge in [0.25, 0.3) is 0 Å². The Hall–Kier alpha value is -1.96. The van der Waals surface area contributed by atoms with Crippen molar-refractivity contribution in [1.82, 2.24) is 0 Å². The highest BCUT2D eigenvalue weighted by atomic mass is 79.9. The van der Waals surface area contributed by atoms with Gasteiger partial charge in [0.1, 0.15) is 11.6 Å². The molecule has 1 atom stereocenters. The second-order valence-electron chi connectivity index (χ2n) is 5.70. The summed E-state index contributed by atoms with van der Waals surface area (Å²) in [6.07, 6.45) is -4.30. The van der Waals surface area contributed by atoms with Gasteiger partial charge >= 0.3 is 6.18 Å². The number of halogens is 6. The van der Waals surface area contributed by atoms with Crippen molar-refractivity contribution in [2.24, 2.45) is 0 Å². The third-order valence-corrected chi connectivity index (χ3v) is 4.75. The third-order valence-electron chi connectivity index (χ3n) is 4.06. The standard InChI is InChI=1S/C17H11BrF5NO/c18-15-2-1-12(8-14(15)17(21,22)23)24-4-3-13(16(24)25)9-5-10(19)7-11(20)6-9/h1-2,5-8,13H,3-4H2. The largest absolute Gasteiger partial charge is 0.417 e. The molecule has 25 heavy (non-hydrogen) atoms. The zero-order valence-electron chi connectivity index (χ0n) is 12.6. The van der Waals surface area contributed by atoms with Crippen molar-refractivity contribution in [2.45, 2.75) is 18.5 Å². The summed E-state index contributed by atoms with van der Waals surface area (Å²) in [5.74, 6) is -2.88. The lowest BCUT2D eigenvalue weighted by Gasteiger charge is -2.19. The fraction of sp³-hybridized carbons (Fsp3) is 0.235. The topological polar surface area (TPSA) is 20.3 Å². The summed E-state index contributed by atoms with van der Waals surface area (Å²) >= 11 is 2.85. The molecule has 0 aromatic heterocycles. The van der Waals surface area contributed by atoms with Gasteiger partial charge in [0.15, 0.2) is 0 Å². The highest BCUT2D eigenvalue weighted by Crippen LogP contribution is 2.39. The summed E-state index contributed by atoms with van der Waals surface area (Å²) in [5.41, 5.74) is -0.615. The van der Waals surface area contributed by atoms with Crippen LogP contribution in [-0.2, 0) is 11.0 Å². The van der Waals surface area contributed by atoms with Crippen molar-refractivity contribution >= 4 is 27.5 Å². The molecule has 3 rings (SSSR count). The zero-order chi connectivity index (χ0) is 18.4. The summed E-state index contributed by atoms with van der Waals surface area (Å²) in [6, 6.07) is 6.34. The summed E-state index contributed by atoms with van der Waals surface area (Å²) < 4.78 is 65.7. The zero-order valence-corrected chi connectivity index (χ0v) is 14.2. The fourth-order valence-electron chi connectivity index (χ4n) is 2.92. The molecule has 0 saturated carbocycles. The van der Waals surface area contributed by atoms with Gasteiger partial charge in [-0.2, -0.15) is 13.2 Å². The van der Waals surface area contributed by atoms with Crippen molar-refractivity contribution in [2.75, 3.05) is 11.4 Å². The van der Waals surface area contributed by atoms with Crippen molar-refractivity contribution in [3.63, 3.8) is 0 Å². The Bertz CT molecular complexity index is 816. The molecule has 2 aromatic carbocycles. The number of hydrogen-bond donors (Lipinski definition) is 0. The third kappa shape index (κ3) is 3.53. The Balaban J connectivity index is 1.92. The number of amides is 1. The van der Waals surface area contributed by atoms with Crippen LogP contribution in [0.4, 0.5) is 27.6 Å². The van der Waals surface area contributed by atoms with E-state index in [0.29, 0.717) is 6.07 Å². The monoisotopic (exact) mass is 419 g/mol. The molecule has 0 N–H and O–H groups in total. The van der Waals surface area contributed by atoms with Crippen LogP contribution in [0.15, 0.2) is 40.9 Å². The van der Waals surface area contributed by atoms with E-state index >= 15 is 0 Å². The van der Waals surface area contributed by atoms with Gasteiger partial charge in [0, 0.05) is 22.8 Å². The van der Waals surface area contributed by atoms with Gasteiger partial charge in [-0.05, 0) is 42.3 Å². The highest BCUT2D eigenvalue weighted by Gasteiger charge is 2.37. The SMILES string of the molecule is O=C1C(c2cc(F)cc(F)c2)CCN1c1ccc(Br)c(C(F)(F)F)c1. The minimum absolute atomic E-state index is 0.0971. The molecule has 1 aliphatic rings. The second-order valence-corrected chi connectivity index (χ2v) is 6.55. The molecule has 0 bridgehead atoms. The van der Waals surface area contributed by atoms with Crippen LogP contribution < -0.4 is 4.90 Å². The van der Waals surface area contributed by atoms with Crippen LogP contribution in [0.5, 0.6) is 0 Å². The Morgan fingerprint density at radius 1 is 1.04 bits per heavy atom. The van der Waals surface area contributed by atoms with E-state index in [2.05, 4.69) is 15.9 Å². The first-order valence-electron chi connectivity index (χ1n) is 7.31. The molecule has 2 nitrogen and oxygen atoms in total. The van der Waals surface area contributed by atoms with Crippen LogP contribution in [0.3, 0.4) is 0 Å². The predicted octanol–water partition coefficient (Wildman–Crippen LogP) is 5.27. The minimum Gasteiger partial charge on any atom is -0.312 e. The summed E-state index contributed by atoms with van der Waals surface area (Å²) in [6.45, 7) is 0.167. The van der Waals surface area contributed by atoms with Gasteiger partial charge in [-0.15, -0.1) is 0 Å². The highest BCUT2D eigenvalue weighted by molar-refractivity contribution is 9.10. The molecule has 0 aliphatic carbocycles. The number of hydrogen-bond acceptors (Lipinski definition) is 1. The Kier molecular flexibility index (Phi) is 4.57. The first kappa shape index (κ1) is 17.8. The Morgan fingerprint density at radius 3 is 2.28 bits per heavy atom. The van der Waals surface area contributed by atoms with Crippen molar-refractivity contribution in [3.8, 4) is 0 Å². The maximum atomic E-state index is 13.4. The van der Waals surface area contributed by atoms with Gasteiger partial charge < -0.3 is 4.90 Å². The molecule has 1 heterocycles. The smallest absolute Gasteiger partial charge is 0.312 e. The predicted molar refractivity (Wildman–Crippen MR) is 85.2 cm³/mol. The van der Waals surface area contributed by atoms with E-state index < -0.39 is 35.2 Å². The van der Waals surface area contributed by atoms with Crippen LogP contribution in [0.25, 0.3) is 0 Å². The first-order chi connectivity index (χ1) is 11.7. The lowest BCUT2D eigenvalue weighted by Crippen LogP contribution is -2.26. The molecule has 132 valence electrons. The summed E-state index contributed by atoms with van der Waals surface area (Å²) in [4.78, 5) is 13.8. The second kappa shape index (κ2) is 6.40. The number of alkyl halides is 3. The molecule has 0 radical (unpaired) electrons. The van der Waals surface area contributed by atoms with Crippen LogP contribution in [-0.4, -0.2) is 12.5 Å². The van der Waals surface area contributed by atoms with Crippen LogP contribution in [0, 0.1) is 11.6 Å². The Labute approximate surface area is 148 Å². The average Bonchev–Trinajstić information content (AvgIpc) is 2.87. The van der Waals surface area contributed by atoms with Crippen molar-refractivity contribution in [3.05, 3.63) is 63.6 Å². The van der Waals surface area contributed by atoms with E-state index in [4.69, 9.17) is 0 Å². The molecule has 1 amide bonds. The molecule has 0 spiro atoms. The van der Waals surface area contributed by atoms with Gasteiger partial charge in [-0.3, -0.25) is 4.79 Å². The van der Waals surface area contributed by atoms with E-state index in [-0.39, 0.29) is 28.7 Å². The molecular formula is C17H11BrF5NO. The minimum atomic E-state index is -4.57. The summed E-state index contributed by atoms with van der Waals surface area (Å²) in [5, 5.41) is 0. The molecule has 1 unspecified atom stereocenters. The summed E-state index contributed by atoms with van der Waals surface area (Å²) in [7, 11) is 0. The molecule has 2 aromatic rings. The first-order valence-corrected chi connectivity index (χ1v) is 8.10. The number of rotatable bonds is 2. The van der Waals surface area contributed by atoms with Gasteiger partial charge in [0.05, 0.1) is 11.5 Å². The van der Waals surface area contributed by atoms with E-state index in [0.717, 1.165) is 18.2 Å². The van der Waals surface area contributed by atoms with Crippen LogP contribution in [0.1, 0.15) is 23.5 Å². The van der Waals surface area contributed by atoms with Gasteiger partial charge in [0.2, 0.25) is 5.91 Å². The van der Waals surface area contributed by atoms with Gasteiger partial charge in [-0.1, -0.05) is 15.9 Å². The van der Waals surface area contributed by atoms with Crippen molar-refractivity contribution < 1.29 is 26.7 Å². The van der Waals surface area contributed by atoms with Crippen LogP contribution >= 0.6 is 15.9 Å². The number of carbonyl (C=O) groups is 1. The van der Waals surface area contributed by atoms with Crippen molar-refractivity contribution in [1.29, 1.82) is 0 Å². The number of carbonyl (C=O) groups excluding carboxylic acids is 1. The maximum absolute atomic E-state index is 13.4. The molecule has 1 aliphatic heterocycles. The quantitative estimate of drug-likeness (QED) is 0.607. The van der Waals surface area contributed by atoms with E-state index in [1.165, 1.54) is 17.0 Å². The normalized spacial score (nSPS) is 18.1. The van der Waals surface area contributed by atoms with E-state index in [9.17, 15) is 26.7 Å². The number of anilines is 1. The molecular weight excluding hydrogens is 409 g/mol. The van der Waals surface area contributed by atoms with E-state index in [1.54, 1.807) is 0 Å². The lowest BCUT2D eigenvalue weighted by molar-refractivity contribution is -0.138. The number of nitrogens with zero attached hydrogens (tertiary/aromatic N) is 1. The number of benzene rings is 2. The lowest BCUT2D eigenvalue weighted by atomic mass is 9.97. The molecule has 1 saturated heterocycles. The Morgan fingerprint density at radius 2 is 1.68 bits per heavy atom. The molecule has 1 fully saturated rings. The van der Waals surface area contributed by atoms with Crippen LogP contribution in [0.2, 0.25) is 0 Å². The van der Waals surface area contributed by atoms with Gasteiger partial charge in [-0.25, -0.2) is 8.78 Å².